The maximum Gasteiger partial charge on any atom is 0.323 e. The lowest BCUT2D eigenvalue weighted by Crippen LogP contribution is -2.48. The van der Waals surface area contributed by atoms with E-state index < -0.39 is 28.2 Å². The van der Waals surface area contributed by atoms with E-state index >= 15 is 0 Å². The highest BCUT2D eigenvalue weighted by atomic mass is 32.2. The molecule has 3 amide bonds. The van der Waals surface area contributed by atoms with Crippen LogP contribution in [0.25, 0.3) is 0 Å². The summed E-state index contributed by atoms with van der Waals surface area (Å²) in [6.45, 7) is 3.79. The molecule has 0 saturated carbocycles. The number of amides is 3. The Morgan fingerprint density at radius 3 is 2.45 bits per heavy atom. The van der Waals surface area contributed by atoms with Crippen molar-refractivity contribution in [2.75, 3.05) is 50.7 Å². The number of nitrogens with one attached hydrogen (secondary N) is 2. The number of nitrogens with zero attached hydrogens (tertiary/aromatic N) is 2. The number of likely N-dealkylation sites (N-methyl/N-ethyl adjacent to an activating group) is 1. The van der Waals surface area contributed by atoms with Crippen LogP contribution in [0.3, 0.4) is 0 Å². The summed E-state index contributed by atoms with van der Waals surface area (Å²) in [6.07, 6.45) is 0.542. The van der Waals surface area contributed by atoms with Gasteiger partial charge in [-0.05, 0) is 49.4 Å². The molecule has 1 heterocycles. The number of carbonyl (C=O) groups is 2. The van der Waals surface area contributed by atoms with Gasteiger partial charge in [-0.3, -0.25) is 4.79 Å². The van der Waals surface area contributed by atoms with Gasteiger partial charge in [0.25, 0.3) is 0 Å². The van der Waals surface area contributed by atoms with Crippen LogP contribution in [0.15, 0.2) is 42.5 Å². The average molecular weight is 549 g/mol. The van der Waals surface area contributed by atoms with Gasteiger partial charge in [-0.1, -0.05) is 6.92 Å². The molecule has 0 aliphatic carbocycles. The fourth-order valence-electron chi connectivity index (χ4n) is 4.08. The minimum atomic E-state index is -3.46. The molecule has 208 valence electrons. The smallest absolute Gasteiger partial charge is 0.323 e. The van der Waals surface area contributed by atoms with E-state index in [0.717, 1.165) is 6.26 Å². The summed E-state index contributed by atoms with van der Waals surface area (Å²) >= 11 is 0. The number of fused-ring (bicyclic) bond motifs is 1. The molecular weight excluding hydrogens is 512 g/mol. The first kappa shape index (κ1) is 29.2. The summed E-state index contributed by atoms with van der Waals surface area (Å²) in [7, 11) is -0.420. The van der Waals surface area contributed by atoms with Gasteiger partial charge in [0.2, 0.25) is 15.9 Å². The Hall–Kier alpha value is -3.35. The number of aliphatic hydroxyl groups is 1. The van der Waals surface area contributed by atoms with E-state index in [4.69, 9.17) is 9.47 Å². The molecule has 2 aromatic carbocycles. The van der Waals surface area contributed by atoms with Gasteiger partial charge in [-0.15, -0.1) is 0 Å². The molecule has 3 N–H and O–H groups in total. The van der Waals surface area contributed by atoms with Crippen molar-refractivity contribution in [3.63, 3.8) is 0 Å². The highest BCUT2D eigenvalue weighted by molar-refractivity contribution is 7.88. The van der Waals surface area contributed by atoms with Crippen LogP contribution in [0.4, 0.5) is 16.2 Å². The van der Waals surface area contributed by atoms with Gasteiger partial charge in [0.15, 0.2) is 0 Å². The Morgan fingerprint density at radius 1 is 1.21 bits per heavy atom. The number of rotatable bonds is 8. The maximum absolute atomic E-state index is 13.3. The predicted octanol–water partition coefficient (Wildman–Crippen LogP) is 2.38. The average Bonchev–Trinajstić information content (AvgIpc) is 2.91. The van der Waals surface area contributed by atoms with Gasteiger partial charge in [0.05, 0.1) is 39.0 Å². The number of aliphatic hydroxyl groups excluding tert-OH is 1. The Morgan fingerprint density at radius 2 is 1.84 bits per heavy atom. The third-order valence-electron chi connectivity index (χ3n) is 6.53. The lowest BCUT2D eigenvalue weighted by molar-refractivity contribution is -0.134. The molecule has 0 bridgehead atoms. The molecule has 1 aliphatic rings. The number of sulfonamides is 1. The van der Waals surface area contributed by atoms with Crippen LogP contribution in [0.5, 0.6) is 11.5 Å². The van der Waals surface area contributed by atoms with Crippen LogP contribution in [0, 0.1) is 5.92 Å². The zero-order valence-corrected chi connectivity index (χ0v) is 23.1. The van der Waals surface area contributed by atoms with E-state index in [-0.39, 0.29) is 37.9 Å². The number of anilines is 2. The van der Waals surface area contributed by atoms with Crippen LogP contribution in [-0.2, 0) is 21.2 Å². The number of methoxy groups -OCH3 is 1. The topological polar surface area (TPSA) is 138 Å². The summed E-state index contributed by atoms with van der Waals surface area (Å²) in [5, 5.41) is 15.3. The zero-order chi connectivity index (χ0) is 28.0. The van der Waals surface area contributed by atoms with E-state index in [2.05, 4.69) is 10.6 Å². The van der Waals surface area contributed by atoms with Gasteiger partial charge < -0.3 is 30.1 Å². The summed E-state index contributed by atoms with van der Waals surface area (Å²) in [5.74, 6) is 0.645. The molecule has 2 aromatic rings. The molecule has 38 heavy (non-hydrogen) atoms. The molecule has 1 aliphatic heterocycles. The second-order valence-corrected chi connectivity index (χ2v) is 11.7. The highest BCUT2D eigenvalue weighted by Crippen LogP contribution is 2.29. The van der Waals surface area contributed by atoms with Crippen LogP contribution < -0.4 is 20.1 Å². The Balaban J connectivity index is 1.87. The van der Waals surface area contributed by atoms with E-state index in [1.54, 1.807) is 61.4 Å². The second kappa shape index (κ2) is 12.5. The van der Waals surface area contributed by atoms with Gasteiger partial charge in [-0.2, -0.15) is 0 Å². The quantitative estimate of drug-likeness (QED) is 0.461. The van der Waals surface area contributed by atoms with Gasteiger partial charge >= 0.3 is 6.03 Å². The summed E-state index contributed by atoms with van der Waals surface area (Å²) in [6, 6.07) is 11.0. The predicted molar refractivity (Wildman–Crippen MR) is 145 cm³/mol. The first-order valence-electron chi connectivity index (χ1n) is 12.2. The normalized spacial score (nSPS) is 18.9. The van der Waals surface area contributed by atoms with Gasteiger partial charge in [-0.25, -0.2) is 17.5 Å². The lowest BCUT2D eigenvalue weighted by atomic mass is 10.0. The number of hydrogen-bond donors (Lipinski definition) is 3. The molecule has 3 rings (SSSR count). The standard InChI is InChI=1S/C26H36N4O7S/c1-17-14-30(18(2)16-31)25(32)13-19-12-21(28-26(33)27-20-6-9-22(36-4)10-7-20)8-11-23(19)37-24(17)15-29(3)38(5,34)35/h6-12,17-18,24,31H,13-16H2,1-5H3,(H2,27,28,33)/t17-,18+,24+/m1/s1. The van der Waals surface area contributed by atoms with Crippen molar-refractivity contribution in [1.82, 2.24) is 9.21 Å². The number of hydrogen-bond acceptors (Lipinski definition) is 7. The minimum Gasteiger partial charge on any atom is -0.497 e. The molecule has 0 spiro atoms. The first-order chi connectivity index (χ1) is 17.9. The van der Waals surface area contributed by atoms with Crippen molar-refractivity contribution in [1.29, 1.82) is 0 Å². The number of ether oxygens (including phenoxy) is 2. The fourth-order valence-corrected chi connectivity index (χ4v) is 4.50. The van der Waals surface area contributed by atoms with E-state index in [9.17, 15) is 23.1 Å². The molecule has 0 fully saturated rings. The van der Waals surface area contributed by atoms with E-state index in [0.29, 0.717) is 28.4 Å². The Labute approximate surface area is 223 Å². The second-order valence-electron chi connectivity index (χ2n) is 9.56. The molecular formula is C26H36N4O7S. The Bertz CT molecular complexity index is 1240. The van der Waals surface area contributed by atoms with Crippen LogP contribution >= 0.6 is 0 Å². The third-order valence-corrected chi connectivity index (χ3v) is 7.81. The van der Waals surface area contributed by atoms with Gasteiger partial charge in [0, 0.05) is 36.4 Å². The Kier molecular flexibility index (Phi) is 9.58. The maximum atomic E-state index is 13.3. The fraction of sp³-hybridized carbons (Fsp3) is 0.462. The molecule has 0 unspecified atom stereocenters. The zero-order valence-electron chi connectivity index (χ0n) is 22.3. The molecule has 0 aromatic heterocycles. The van der Waals surface area contributed by atoms with Gasteiger partial charge in [0.1, 0.15) is 17.6 Å². The molecule has 0 saturated heterocycles. The summed E-state index contributed by atoms with van der Waals surface area (Å²) < 4.78 is 36.8. The van der Waals surface area contributed by atoms with E-state index in [1.807, 2.05) is 6.92 Å². The third kappa shape index (κ3) is 7.59. The lowest BCUT2D eigenvalue weighted by Gasteiger charge is -2.33. The molecule has 12 heteroatoms. The minimum absolute atomic E-state index is 0.0172. The van der Waals surface area contributed by atoms with Crippen LogP contribution in [0.2, 0.25) is 0 Å². The number of urea groups is 1. The summed E-state index contributed by atoms with van der Waals surface area (Å²) in [5.41, 5.74) is 1.56. The van der Waals surface area contributed by atoms with Crippen molar-refractivity contribution in [2.24, 2.45) is 5.92 Å². The number of benzene rings is 2. The highest BCUT2D eigenvalue weighted by Gasteiger charge is 2.32. The largest absolute Gasteiger partial charge is 0.497 e. The van der Waals surface area contributed by atoms with Crippen molar-refractivity contribution < 1.29 is 32.6 Å². The van der Waals surface area contributed by atoms with Crippen molar-refractivity contribution in [3.05, 3.63) is 48.0 Å². The van der Waals surface area contributed by atoms with Crippen molar-refractivity contribution >= 4 is 33.3 Å². The summed E-state index contributed by atoms with van der Waals surface area (Å²) in [4.78, 5) is 27.5. The monoisotopic (exact) mass is 548 g/mol. The molecule has 11 nitrogen and oxygen atoms in total. The van der Waals surface area contributed by atoms with Crippen molar-refractivity contribution in [2.45, 2.75) is 32.4 Å². The van der Waals surface area contributed by atoms with Crippen LogP contribution in [-0.4, -0.2) is 86.9 Å². The van der Waals surface area contributed by atoms with Crippen molar-refractivity contribution in [3.8, 4) is 11.5 Å². The molecule has 0 radical (unpaired) electrons. The SMILES string of the molecule is COc1ccc(NC(=O)Nc2ccc3c(c2)CC(=O)N([C@@H](C)CO)C[C@@H](C)[C@H](CN(C)S(C)(=O)=O)O3)cc1. The number of carbonyl (C=O) groups excluding carboxylic acids is 2. The first-order valence-corrected chi connectivity index (χ1v) is 14.1. The van der Waals surface area contributed by atoms with Crippen LogP contribution in [0.1, 0.15) is 19.4 Å². The molecule has 3 atom stereocenters. The van der Waals surface area contributed by atoms with E-state index in [1.165, 1.54) is 11.4 Å².